The van der Waals surface area contributed by atoms with Crippen LogP contribution in [0.1, 0.15) is 42.1 Å². The van der Waals surface area contributed by atoms with Crippen LogP contribution < -0.4 is 15.4 Å². The third kappa shape index (κ3) is 6.02. The highest BCUT2D eigenvalue weighted by Crippen LogP contribution is 2.19. The lowest BCUT2D eigenvalue weighted by Gasteiger charge is -2.19. The second-order valence-corrected chi connectivity index (χ2v) is 7.76. The van der Waals surface area contributed by atoms with Crippen LogP contribution in [-0.4, -0.2) is 37.0 Å². The fraction of sp³-hybridized carbons (Fsp3) is 0.364. The van der Waals surface area contributed by atoms with Gasteiger partial charge in [0.2, 0.25) is 5.91 Å². The van der Waals surface area contributed by atoms with E-state index in [1.54, 1.807) is 36.0 Å². The van der Waals surface area contributed by atoms with Crippen molar-refractivity contribution in [3.8, 4) is 5.75 Å². The van der Waals surface area contributed by atoms with Gasteiger partial charge in [0.1, 0.15) is 11.8 Å². The van der Waals surface area contributed by atoms with Crippen LogP contribution >= 0.6 is 11.8 Å². The van der Waals surface area contributed by atoms with Gasteiger partial charge in [-0.2, -0.15) is 11.8 Å². The average Bonchev–Trinajstić information content (AvgIpc) is 2.71. The van der Waals surface area contributed by atoms with Crippen LogP contribution in [0.15, 0.2) is 48.5 Å². The summed E-state index contributed by atoms with van der Waals surface area (Å²) in [5.41, 5.74) is 2.34. The standard InChI is InChI=1S/C22H28N2O3S/c1-15(2)16-9-11-17(12-10-16)23-22(26)19(13-14-28-4)24-21(25)18-7-5-6-8-20(18)27-3/h5-12,15,19H,13-14H2,1-4H3,(H,23,26)(H,24,25). The van der Waals surface area contributed by atoms with Crippen molar-refractivity contribution in [3.05, 3.63) is 59.7 Å². The Morgan fingerprint density at radius 3 is 2.36 bits per heavy atom. The number of carbonyl (C=O) groups is 2. The van der Waals surface area contributed by atoms with Crippen LogP contribution in [0.2, 0.25) is 0 Å². The molecule has 2 rings (SSSR count). The summed E-state index contributed by atoms with van der Waals surface area (Å²) in [4.78, 5) is 25.5. The van der Waals surface area contributed by atoms with E-state index in [4.69, 9.17) is 4.74 Å². The van der Waals surface area contributed by atoms with Crippen molar-refractivity contribution < 1.29 is 14.3 Å². The zero-order chi connectivity index (χ0) is 20.5. The molecule has 1 atom stereocenters. The molecule has 2 N–H and O–H groups in total. The minimum atomic E-state index is -0.630. The molecule has 0 spiro atoms. The molecule has 0 fully saturated rings. The van der Waals surface area contributed by atoms with E-state index in [1.807, 2.05) is 30.5 Å². The number of hydrogen-bond donors (Lipinski definition) is 2. The third-order valence-corrected chi connectivity index (χ3v) is 5.07. The lowest BCUT2D eigenvalue weighted by atomic mass is 10.0. The predicted octanol–water partition coefficient (Wildman–Crippen LogP) is 4.31. The van der Waals surface area contributed by atoms with Gasteiger partial charge >= 0.3 is 0 Å². The van der Waals surface area contributed by atoms with Gasteiger partial charge in [0, 0.05) is 5.69 Å². The summed E-state index contributed by atoms with van der Waals surface area (Å²) in [6.07, 6.45) is 2.51. The second kappa shape index (κ2) is 10.8. The molecule has 2 amide bonds. The Labute approximate surface area is 171 Å². The second-order valence-electron chi connectivity index (χ2n) is 6.77. The number of ether oxygens (including phenoxy) is 1. The molecule has 5 nitrogen and oxygen atoms in total. The molecule has 0 saturated carbocycles. The summed E-state index contributed by atoms with van der Waals surface area (Å²) in [6.45, 7) is 4.25. The largest absolute Gasteiger partial charge is 0.496 e. The summed E-state index contributed by atoms with van der Waals surface area (Å²) < 4.78 is 5.25. The van der Waals surface area contributed by atoms with Gasteiger partial charge in [-0.3, -0.25) is 9.59 Å². The van der Waals surface area contributed by atoms with E-state index in [1.165, 1.54) is 12.7 Å². The number of rotatable bonds is 9. The lowest BCUT2D eigenvalue weighted by molar-refractivity contribution is -0.118. The molecule has 0 aliphatic heterocycles. The van der Waals surface area contributed by atoms with Gasteiger partial charge in [-0.15, -0.1) is 0 Å². The maximum Gasteiger partial charge on any atom is 0.255 e. The zero-order valence-corrected chi connectivity index (χ0v) is 17.6. The highest BCUT2D eigenvalue weighted by atomic mass is 32.2. The molecule has 2 aromatic carbocycles. The first-order valence-corrected chi connectivity index (χ1v) is 10.7. The SMILES string of the molecule is COc1ccccc1C(=O)NC(CCSC)C(=O)Nc1ccc(C(C)C)cc1. The van der Waals surface area contributed by atoms with Gasteiger partial charge in [-0.25, -0.2) is 0 Å². The van der Waals surface area contributed by atoms with Gasteiger partial charge in [0.15, 0.2) is 0 Å². The first-order valence-electron chi connectivity index (χ1n) is 9.30. The first kappa shape index (κ1) is 21.8. The molecule has 0 saturated heterocycles. The number of benzene rings is 2. The fourth-order valence-corrected chi connectivity index (χ4v) is 3.22. The zero-order valence-electron chi connectivity index (χ0n) is 16.8. The highest BCUT2D eigenvalue weighted by Gasteiger charge is 2.22. The van der Waals surface area contributed by atoms with Gasteiger partial charge in [-0.1, -0.05) is 38.1 Å². The summed E-state index contributed by atoms with van der Waals surface area (Å²) in [6, 6.07) is 14.1. The fourth-order valence-electron chi connectivity index (χ4n) is 2.75. The molecule has 28 heavy (non-hydrogen) atoms. The summed E-state index contributed by atoms with van der Waals surface area (Å²) in [7, 11) is 1.52. The van der Waals surface area contributed by atoms with Crippen molar-refractivity contribution in [1.29, 1.82) is 0 Å². The molecule has 1 unspecified atom stereocenters. The molecule has 0 aromatic heterocycles. The maximum absolute atomic E-state index is 12.8. The van der Waals surface area contributed by atoms with Crippen molar-refractivity contribution in [3.63, 3.8) is 0 Å². The molecule has 150 valence electrons. The number of para-hydroxylation sites is 1. The summed E-state index contributed by atoms with van der Waals surface area (Å²) >= 11 is 1.63. The Morgan fingerprint density at radius 2 is 1.75 bits per heavy atom. The number of hydrogen-bond acceptors (Lipinski definition) is 4. The number of anilines is 1. The Kier molecular flexibility index (Phi) is 8.39. The van der Waals surface area contributed by atoms with Crippen molar-refractivity contribution in [1.82, 2.24) is 5.32 Å². The minimum Gasteiger partial charge on any atom is -0.496 e. The topological polar surface area (TPSA) is 67.4 Å². The van der Waals surface area contributed by atoms with Crippen LogP contribution in [0, 0.1) is 0 Å². The first-order chi connectivity index (χ1) is 13.5. The van der Waals surface area contributed by atoms with Crippen molar-refractivity contribution in [2.45, 2.75) is 32.2 Å². The van der Waals surface area contributed by atoms with Crippen molar-refractivity contribution in [2.24, 2.45) is 0 Å². The molecule has 6 heteroatoms. The van der Waals surface area contributed by atoms with Crippen LogP contribution in [0.4, 0.5) is 5.69 Å². The quantitative estimate of drug-likeness (QED) is 0.658. The van der Waals surface area contributed by atoms with Gasteiger partial charge in [0.05, 0.1) is 12.7 Å². The van der Waals surface area contributed by atoms with E-state index in [-0.39, 0.29) is 11.8 Å². The van der Waals surface area contributed by atoms with Crippen molar-refractivity contribution in [2.75, 3.05) is 24.4 Å². The van der Waals surface area contributed by atoms with E-state index in [0.29, 0.717) is 23.7 Å². The third-order valence-electron chi connectivity index (χ3n) is 4.43. The maximum atomic E-state index is 12.8. The molecule has 0 aliphatic rings. The van der Waals surface area contributed by atoms with Crippen molar-refractivity contribution >= 4 is 29.3 Å². The Balaban J connectivity index is 2.11. The molecule has 0 bridgehead atoms. The number of nitrogens with one attached hydrogen (secondary N) is 2. The number of carbonyl (C=O) groups excluding carboxylic acids is 2. The number of methoxy groups -OCH3 is 1. The molecular formula is C22H28N2O3S. The molecule has 0 heterocycles. The van der Waals surface area contributed by atoms with E-state index in [2.05, 4.69) is 24.5 Å². The smallest absolute Gasteiger partial charge is 0.255 e. The van der Waals surface area contributed by atoms with E-state index < -0.39 is 6.04 Å². The van der Waals surface area contributed by atoms with E-state index in [0.717, 1.165) is 11.4 Å². The summed E-state index contributed by atoms with van der Waals surface area (Å²) in [5.74, 6) is 1.12. The molecular weight excluding hydrogens is 372 g/mol. The number of thioether (sulfide) groups is 1. The molecule has 0 aliphatic carbocycles. The van der Waals surface area contributed by atoms with Crippen LogP contribution in [0.5, 0.6) is 5.75 Å². The molecule has 2 aromatic rings. The normalized spacial score (nSPS) is 11.8. The lowest BCUT2D eigenvalue weighted by Crippen LogP contribution is -2.44. The highest BCUT2D eigenvalue weighted by molar-refractivity contribution is 7.98. The van der Waals surface area contributed by atoms with Crippen LogP contribution in [0.25, 0.3) is 0 Å². The van der Waals surface area contributed by atoms with Gasteiger partial charge in [-0.05, 0) is 54.2 Å². The average molecular weight is 401 g/mol. The predicted molar refractivity (Wildman–Crippen MR) is 116 cm³/mol. The van der Waals surface area contributed by atoms with Gasteiger partial charge < -0.3 is 15.4 Å². The van der Waals surface area contributed by atoms with E-state index in [9.17, 15) is 9.59 Å². The van der Waals surface area contributed by atoms with E-state index >= 15 is 0 Å². The monoisotopic (exact) mass is 400 g/mol. The Bertz CT molecular complexity index is 791. The Hall–Kier alpha value is -2.47. The van der Waals surface area contributed by atoms with Gasteiger partial charge in [0.25, 0.3) is 5.91 Å². The summed E-state index contributed by atoms with van der Waals surface area (Å²) in [5, 5.41) is 5.76. The van der Waals surface area contributed by atoms with Crippen LogP contribution in [0.3, 0.4) is 0 Å². The number of amides is 2. The molecule has 0 radical (unpaired) electrons. The Morgan fingerprint density at radius 1 is 1.07 bits per heavy atom. The van der Waals surface area contributed by atoms with Crippen LogP contribution in [-0.2, 0) is 4.79 Å². The minimum absolute atomic E-state index is 0.227.